The van der Waals surface area contributed by atoms with E-state index >= 15 is 0 Å². The van der Waals surface area contributed by atoms with E-state index in [1.54, 1.807) is 30.3 Å². The van der Waals surface area contributed by atoms with Crippen LogP contribution in [0.25, 0.3) is 0 Å². The van der Waals surface area contributed by atoms with Crippen molar-refractivity contribution in [3.05, 3.63) is 48.0 Å². The number of aromatic carboxylic acids is 1. The maximum atomic E-state index is 13.9. The second kappa shape index (κ2) is 15.9. The first-order chi connectivity index (χ1) is 22.3. The number of nitrogens with one attached hydrogen (secondary N) is 2. The summed E-state index contributed by atoms with van der Waals surface area (Å²) in [5.41, 5.74) is -0.356. The number of ether oxygens (including phenoxy) is 4. The highest BCUT2D eigenvalue weighted by Crippen LogP contribution is 2.38. The van der Waals surface area contributed by atoms with E-state index in [2.05, 4.69) is 10.0 Å². The number of carbonyl (C=O) groups is 1. The summed E-state index contributed by atoms with van der Waals surface area (Å²) in [6, 6.07) is 10.2. The van der Waals surface area contributed by atoms with Gasteiger partial charge >= 0.3 is 5.97 Å². The van der Waals surface area contributed by atoms with Crippen LogP contribution in [0, 0.1) is 0 Å². The molecule has 18 heteroatoms. The third-order valence-corrected chi connectivity index (χ3v) is 9.10. The molecule has 2 aromatic carbocycles. The zero-order chi connectivity index (χ0) is 34.5. The Labute approximate surface area is 270 Å². The molecule has 10 N–H and O–H groups in total. The molecule has 2 fully saturated rings. The molecule has 47 heavy (non-hydrogen) atoms. The monoisotopic (exact) mass is 688 g/mol. The molecule has 262 valence electrons. The Kier molecular flexibility index (Phi) is 12.5. The third kappa shape index (κ3) is 8.37. The first kappa shape index (κ1) is 36.8. The van der Waals surface area contributed by atoms with Crippen molar-refractivity contribution in [3.63, 3.8) is 0 Å². The molecule has 0 saturated carbocycles. The van der Waals surface area contributed by atoms with Gasteiger partial charge in [-0.1, -0.05) is 31.5 Å². The molecule has 2 aromatic rings. The van der Waals surface area contributed by atoms with Gasteiger partial charge in [-0.2, -0.15) is 4.72 Å². The first-order valence-corrected chi connectivity index (χ1v) is 16.3. The zero-order valence-corrected chi connectivity index (χ0v) is 26.0. The van der Waals surface area contributed by atoms with E-state index in [9.17, 15) is 54.1 Å². The summed E-state index contributed by atoms with van der Waals surface area (Å²) in [5.74, 6) is -1.48. The standard InChI is InChI=1S/C29H40N2O15S/c1-2-3-9-30-16-10-14(28(39)40)11-19(25(16)43-15-7-5-4-6-8-15)47(41,42)31-27-23(37)22(36)26(18(13-33)44-27)46-29-24(38)21(35)20(34)17(12-32)45-29/h4-8,10-11,17-18,20-24,26-27,29-38H,2-3,9,12-13H2,1H3,(H,39,40)/t17-,18-,20+,21+,22-,23-,24-,26-,27-,29+/m1/s1. The Hall–Kier alpha value is -2.98. The van der Waals surface area contributed by atoms with Crippen LogP contribution in [0.4, 0.5) is 5.69 Å². The smallest absolute Gasteiger partial charge is 0.335 e. The number of anilines is 1. The molecule has 0 radical (unpaired) electrons. The van der Waals surface area contributed by atoms with Crippen LogP contribution in [-0.4, -0.2) is 136 Å². The number of carboxylic acids is 1. The number of para-hydroxylation sites is 1. The SMILES string of the molecule is CCCCNc1cc(C(=O)O)cc(S(=O)(=O)N[C@@H]2O[C@H](CO)[C@@H](O[C@@H]3O[C@H](CO)[C@H](O)[C@H](O)[C@H]3O)[C@H](O)[C@H]2O)c1Oc1ccccc1. The van der Waals surface area contributed by atoms with Crippen LogP contribution in [-0.2, 0) is 24.2 Å². The number of hydrogen-bond donors (Lipinski definition) is 10. The van der Waals surface area contributed by atoms with Crippen molar-refractivity contribution in [2.75, 3.05) is 25.1 Å². The maximum Gasteiger partial charge on any atom is 0.335 e. The lowest BCUT2D eigenvalue weighted by atomic mass is 9.96. The van der Waals surface area contributed by atoms with E-state index in [0.717, 1.165) is 12.5 Å². The van der Waals surface area contributed by atoms with Crippen LogP contribution in [0.1, 0.15) is 30.1 Å². The minimum atomic E-state index is -4.84. The average Bonchev–Trinajstić information content (AvgIpc) is 3.05. The van der Waals surface area contributed by atoms with E-state index in [0.29, 0.717) is 13.0 Å². The summed E-state index contributed by atoms with van der Waals surface area (Å²) < 4.78 is 52.2. The Morgan fingerprint density at radius 2 is 1.57 bits per heavy atom. The van der Waals surface area contributed by atoms with Gasteiger partial charge in [-0.15, -0.1) is 0 Å². The van der Waals surface area contributed by atoms with Crippen molar-refractivity contribution >= 4 is 21.7 Å². The van der Waals surface area contributed by atoms with Crippen molar-refractivity contribution in [3.8, 4) is 11.5 Å². The molecule has 2 aliphatic heterocycles. The van der Waals surface area contributed by atoms with Gasteiger partial charge in [0.05, 0.1) is 24.5 Å². The quantitative estimate of drug-likeness (QED) is 0.0990. The Balaban J connectivity index is 1.64. The molecule has 0 spiro atoms. The van der Waals surface area contributed by atoms with E-state index in [4.69, 9.17) is 18.9 Å². The molecule has 4 rings (SSSR count). The summed E-state index contributed by atoms with van der Waals surface area (Å²) >= 11 is 0. The van der Waals surface area contributed by atoms with Crippen molar-refractivity contribution < 1.29 is 73.0 Å². The van der Waals surface area contributed by atoms with E-state index in [-0.39, 0.29) is 17.2 Å². The van der Waals surface area contributed by atoms with Gasteiger partial charge in [-0.3, -0.25) is 0 Å². The first-order valence-electron chi connectivity index (χ1n) is 14.8. The summed E-state index contributed by atoms with van der Waals surface area (Å²) in [7, 11) is -4.84. The molecule has 0 amide bonds. The normalized spacial score (nSPS) is 31.3. The highest BCUT2D eigenvalue weighted by Gasteiger charge is 2.51. The molecule has 2 saturated heterocycles. The minimum Gasteiger partial charge on any atom is -0.478 e. The number of unbranched alkanes of at least 4 members (excludes halogenated alkanes) is 1. The molecule has 2 heterocycles. The zero-order valence-electron chi connectivity index (χ0n) is 25.2. The number of sulfonamides is 1. The predicted octanol–water partition coefficient (Wildman–Crippen LogP) is -1.71. The maximum absolute atomic E-state index is 13.9. The van der Waals surface area contributed by atoms with Crippen molar-refractivity contribution in [1.82, 2.24) is 4.72 Å². The summed E-state index contributed by atoms with van der Waals surface area (Å²) in [4.78, 5) is 11.4. The van der Waals surface area contributed by atoms with Crippen LogP contribution in [0.5, 0.6) is 11.5 Å². The van der Waals surface area contributed by atoms with E-state index in [1.807, 2.05) is 6.92 Å². The van der Waals surface area contributed by atoms with Crippen LogP contribution in [0.3, 0.4) is 0 Å². The lowest BCUT2D eigenvalue weighted by Crippen LogP contribution is -2.66. The van der Waals surface area contributed by atoms with Gasteiger partial charge in [0.25, 0.3) is 0 Å². The Morgan fingerprint density at radius 1 is 0.894 bits per heavy atom. The molecule has 17 nitrogen and oxygen atoms in total. The largest absolute Gasteiger partial charge is 0.478 e. The van der Waals surface area contributed by atoms with Crippen LogP contribution >= 0.6 is 0 Å². The number of hydrogen-bond acceptors (Lipinski definition) is 15. The fourth-order valence-corrected chi connectivity index (χ4v) is 6.38. The molecule has 0 aromatic heterocycles. The molecular formula is C29H40N2O15S. The number of benzene rings is 2. The van der Waals surface area contributed by atoms with Gasteiger partial charge in [-0.05, 0) is 30.7 Å². The minimum absolute atomic E-state index is 0.0500. The number of rotatable bonds is 14. The molecule has 0 unspecified atom stereocenters. The molecule has 0 aliphatic carbocycles. The van der Waals surface area contributed by atoms with Crippen molar-refractivity contribution in [2.45, 2.75) is 86.0 Å². The lowest BCUT2D eigenvalue weighted by molar-refractivity contribution is -0.342. The summed E-state index contributed by atoms with van der Waals surface area (Å²) in [6.45, 7) is 0.591. The highest BCUT2D eigenvalue weighted by molar-refractivity contribution is 7.89. The number of aliphatic hydroxyl groups excluding tert-OH is 7. The van der Waals surface area contributed by atoms with Gasteiger partial charge < -0.3 is 65.1 Å². The lowest BCUT2D eigenvalue weighted by Gasteiger charge is -2.46. The van der Waals surface area contributed by atoms with Gasteiger partial charge in [0.2, 0.25) is 10.0 Å². The van der Waals surface area contributed by atoms with E-state index < -0.39 is 101 Å². The van der Waals surface area contributed by atoms with Crippen LogP contribution in [0.15, 0.2) is 47.4 Å². The van der Waals surface area contributed by atoms with Gasteiger partial charge in [0, 0.05) is 6.54 Å². The Morgan fingerprint density at radius 3 is 2.19 bits per heavy atom. The summed E-state index contributed by atoms with van der Waals surface area (Å²) in [6.07, 6.45) is -16.4. The van der Waals surface area contributed by atoms with Crippen molar-refractivity contribution in [1.29, 1.82) is 0 Å². The number of aliphatic hydroxyl groups is 7. The van der Waals surface area contributed by atoms with Crippen LogP contribution < -0.4 is 14.8 Å². The molecular weight excluding hydrogens is 648 g/mol. The highest BCUT2D eigenvalue weighted by atomic mass is 32.2. The van der Waals surface area contributed by atoms with Gasteiger partial charge in [-0.25, -0.2) is 13.2 Å². The fourth-order valence-electron chi connectivity index (χ4n) is 5.07. The topological polar surface area (TPSA) is 274 Å². The number of carboxylic acid groups (broad SMARTS) is 1. The van der Waals surface area contributed by atoms with Gasteiger partial charge in [0.1, 0.15) is 59.5 Å². The molecule has 2 aliphatic rings. The van der Waals surface area contributed by atoms with Crippen LogP contribution in [0.2, 0.25) is 0 Å². The predicted molar refractivity (Wildman–Crippen MR) is 160 cm³/mol. The molecule has 0 bridgehead atoms. The third-order valence-electron chi connectivity index (χ3n) is 7.68. The van der Waals surface area contributed by atoms with Crippen molar-refractivity contribution in [2.24, 2.45) is 0 Å². The second-order valence-electron chi connectivity index (χ2n) is 11.0. The Bertz CT molecular complexity index is 1440. The van der Waals surface area contributed by atoms with E-state index in [1.165, 1.54) is 6.07 Å². The fraction of sp³-hybridized carbons (Fsp3) is 0.552. The molecule has 10 atom stereocenters. The summed E-state index contributed by atoms with van der Waals surface area (Å²) in [5, 5.41) is 84.6. The average molecular weight is 689 g/mol. The van der Waals surface area contributed by atoms with Gasteiger partial charge in [0.15, 0.2) is 18.3 Å². The second-order valence-corrected chi connectivity index (χ2v) is 12.7.